The van der Waals surface area contributed by atoms with Crippen molar-refractivity contribution in [2.45, 2.75) is 88.5 Å². The van der Waals surface area contributed by atoms with Crippen LogP contribution < -0.4 is 5.32 Å². The van der Waals surface area contributed by atoms with Crippen molar-refractivity contribution in [3.05, 3.63) is 42.4 Å². The molecule has 1 aromatic carbocycles. The number of ether oxygens (including phenoxy) is 1. The largest absolute Gasteiger partial charge is 0.381 e. The third-order valence-electron chi connectivity index (χ3n) is 7.56. The van der Waals surface area contributed by atoms with E-state index in [1.165, 1.54) is 0 Å². The Kier molecular flexibility index (Phi) is 10.2. The van der Waals surface area contributed by atoms with Crippen LogP contribution in [0.4, 0.5) is 5.82 Å². The van der Waals surface area contributed by atoms with Crippen LogP contribution in [0, 0.1) is 5.92 Å². The normalized spacial score (nSPS) is 15.2. The van der Waals surface area contributed by atoms with Crippen molar-refractivity contribution >= 4 is 26.7 Å². The standard InChI is InChI=1S/C31H47N5O3S/c1-6-16-35(17-7-2)18-8-14-32-29-22-26(11-15-33-29)40(37,38)25-9-10-28-27(21-25)34-30(31(3,4)5)36(28)23-24-12-19-39-20-13-24/h9-11,15,21-22,24H,6-8,12-14,16-20,23H2,1-5H3,(H,32,33). The van der Waals surface area contributed by atoms with Crippen molar-refractivity contribution in [2.24, 2.45) is 5.92 Å². The molecule has 3 heterocycles. The van der Waals surface area contributed by atoms with E-state index in [0.29, 0.717) is 17.3 Å². The fraction of sp³-hybridized carbons (Fsp3) is 0.613. The molecule has 0 amide bonds. The van der Waals surface area contributed by atoms with Crippen molar-refractivity contribution in [1.29, 1.82) is 0 Å². The van der Waals surface area contributed by atoms with Gasteiger partial charge in [-0.1, -0.05) is 34.6 Å². The van der Waals surface area contributed by atoms with Crippen molar-refractivity contribution in [1.82, 2.24) is 19.4 Å². The number of hydrogen-bond acceptors (Lipinski definition) is 7. The maximum atomic E-state index is 13.7. The Balaban J connectivity index is 1.53. The number of imidazole rings is 1. The van der Waals surface area contributed by atoms with Crippen LogP contribution in [0.3, 0.4) is 0 Å². The van der Waals surface area contributed by atoms with Gasteiger partial charge < -0.3 is 19.5 Å². The molecule has 220 valence electrons. The van der Waals surface area contributed by atoms with Gasteiger partial charge in [0.05, 0.1) is 20.8 Å². The third kappa shape index (κ3) is 7.42. The van der Waals surface area contributed by atoms with Crippen LogP contribution in [-0.2, 0) is 26.5 Å². The number of aromatic nitrogens is 3. The molecular formula is C31H47N5O3S. The van der Waals surface area contributed by atoms with Crippen LogP contribution in [0.2, 0.25) is 0 Å². The van der Waals surface area contributed by atoms with E-state index in [0.717, 1.165) is 89.4 Å². The Morgan fingerprint density at radius 3 is 2.40 bits per heavy atom. The molecule has 1 fully saturated rings. The van der Waals surface area contributed by atoms with E-state index in [9.17, 15) is 8.42 Å². The first kappa shape index (κ1) is 30.5. The minimum Gasteiger partial charge on any atom is -0.381 e. The Morgan fingerprint density at radius 2 is 1.73 bits per heavy atom. The molecule has 0 spiro atoms. The van der Waals surface area contributed by atoms with E-state index in [1.807, 2.05) is 6.07 Å². The van der Waals surface area contributed by atoms with Crippen LogP contribution in [0.15, 0.2) is 46.3 Å². The average Bonchev–Trinajstić information content (AvgIpc) is 3.30. The Morgan fingerprint density at radius 1 is 1.02 bits per heavy atom. The molecule has 0 aliphatic carbocycles. The van der Waals surface area contributed by atoms with E-state index in [-0.39, 0.29) is 15.2 Å². The number of nitrogens with one attached hydrogen (secondary N) is 1. The van der Waals surface area contributed by atoms with Gasteiger partial charge in [0.2, 0.25) is 9.84 Å². The monoisotopic (exact) mass is 569 g/mol. The zero-order valence-corrected chi connectivity index (χ0v) is 25.8. The SMILES string of the molecule is CCCN(CCC)CCCNc1cc(S(=O)(=O)c2ccc3c(c2)nc(C(C)(C)C)n3CC2CCOCC2)ccn1. The molecule has 3 aromatic rings. The number of sulfone groups is 1. The Hall–Kier alpha value is -2.49. The van der Waals surface area contributed by atoms with Crippen LogP contribution in [-0.4, -0.2) is 67.2 Å². The molecule has 2 aromatic heterocycles. The average molecular weight is 570 g/mol. The van der Waals surface area contributed by atoms with E-state index in [1.54, 1.807) is 30.5 Å². The maximum absolute atomic E-state index is 13.7. The van der Waals surface area contributed by atoms with Gasteiger partial charge in [-0.3, -0.25) is 0 Å². The molecule has 1 saturated heterocycles. The van der Waals surface area contributed by atoms with Gasteiger partial charge in [-0.25, -0.2) is 18.4 Å². The van der Waals surface area contributed by atoms with Crippen molar-refractivity contribution in [2.75, 3.05) is 44.7 Å². The molecule has 0 unspecified atom stereocenters. The lowest BCUT2D eigenvalue weighted by Gasteiger charge is -2.26. The van der Waals surface area contributed by atoms with E-state index in [2.05, 4.69) is 54.4 Å². The number of anilines is 1. The second-order valence-corrected chi connectivity index (χ2v) is 14.0. The third-order valence-corrected chi connectivity index (χ3v) is 9.31. The zero-order chi connectivity index (χ0) is 28.8. The first-order valence-electron chi connectivity index (χ1n) is 14.9. The summed E-state index contributed by atoms with van der Waals surface area (Å²) in [6, 6.07) is 8.57. The summed E-state index contributed by atoms with van der Waals surface area (Å²) in [6.07, 6.45) is 6.90. The summed E-state index contributed by atoms with van der Waals surface area (Å²) in [6.45, 7) is 17.3. The molecular weight excluding hydrogens is 522 g/mol. The summed E-state index contributed by atoms with van der Waals surface area (Å²) in [5.74, 6) is 2.09. The molecule has 1 aliphatic rings. The number of hydrogen-bond donors (Lipinski definition) is 1. The highest BCUT2D eigenvalue weighted by molar-refractivity contribution is 7.91. The number of fused-ring (bicyclic) bond motifs is 1. The van der Waals surface area contributed by atoms with E-state index in [4.69, 9.17) is 9.72 Å². The zero-order valence-electron chi connectivity index (χ0n) is 24.9. The Bertz CT molecular complexity index is 1350. The summed E-state index contributed by atoms with van der Waals surface area (Å²) in [5, 5.41) is 3.32. The molecule has 4 rings (SSSR count). The van der Waals surface area contributed by atoms with Crippen molar-refractivity contribution in [3.63, 3.8) is 0 Å². The first-order chi connectivity index (χ1) is 19.1. The molecule has 40 heavy (non-hydrogen) atoms. The van der Waals surface area contributed by atoms with Gasteiger partial charge in [-0.15, -0.1) is 0 Å². The molecule has 1 N–H and O–H groups in total. The van der Waals surface area contributed by atoms with E-state index < -0.39 is 9.84 Å². The van der Waals surface area contributed by atoms with Gasteiger partial charge in [-0.2, -0.15) is 0 Å². The highest BCUT2D eigenvalue weighted by atomic mass is 32.2. The van der Waals surface area contributed by atoms with Gasteiger partial charge >= 0.3 is 0 Å². The van der Waals surface area contributed by atoms with Crippen LogP contribution in [0.25, 0.3) is 11.0 Å². The van der Waals surface area contributed by atoms with Gasteiger partial charge in [0.1, 0.15) is 11.6 Å². The maximum Gasteiger partial charge on any atom is 0.206 e. The van der Waals surface area contributed by atoms with Crippen LogP contribution in [0.1, 0.15) is 72.5 Å². The number of pyridine rings is 1. The lowest BCUT2D eigenvalue weighted by atomic mass is 9.94. The summed E-state index contributed by atoms with van der Waals surface area (Å²) in [5.41, 5.74) is 1.53. The minimum atomic E-state index is -3.73. The molecule has 0 atom stereocenters. The summed E-state index contributed by atoms with van der Waals surface area (Å²) >= 11 is 0. The lowest BCUT2D eigenvalue weighted by Crippen LogP contribution is -2.27. The minimum absolute atomic E-state index is 0.168. The number of nitrogens with zero attached hydrogens (tertiary/aromatic N) is 4. The van der Waals surface area contributed by atoms with Gasteiger partial charge in [0.25, 0.3) is 0 Å². The Labute approximate surface area is 240 Å². The smallest absolute Gasteiger partial charge is 0.206 e. The molecule has 8 nitrogen and oxygen atoms in total. The highest BCUT2D eigenvalue weighted by Crippen LogP contribution is 2.32. The highest BCUT2D eigenvalue weighted by Gasteiger charge is 2.27. The second-order valence-electron chi connectivity index (χ2n) is 12.0. The van der Waals surface area contributed by atoms with Gasteiger partial charge in [-0.05, 0) is 88.0 Å². The topological polar surface area (TPSA) is 89.4 Å². The van der Waals surface area contributed by atoms with Gasteiger partial charge in [0, 0.05) is 37.9 Å². The lowest BCUT2D eigenvalue weighted by molar-refractivity contribution is 0.0611. The summed E-state index contributed by atoms with van der Waals surface area (Å²) < 4.78 is 35.2. The molecule has 0 saturated carbocycles. The van der Waals surface area contributed by atoms with Crippen LogP contribution >= 0.6 is 0 Å². The molecule has 0 radical (unpaired) electrons. The second kappa shape index (κ2) is 13.4. The predicted octanol–water partition coefficient (Wildman–Crippen LogP) is 5.91. The number of rotatable bonds is 13. The van der Waals surface area contributed by atoms with E-state index >= 15 is 0 Å². The fourth-order valence-corrected chi connectivity index (χ4v) is 6.81. The molecule has 0 bridgehead atoms. The summed E-state index contributed by atoms with van der Waals surface area (Å²) in [4.78, 5) is 12.3. The number of benzene rings is 1. The van der Waals surface area contributed by atoms with Crippen molar-refractivity contribution in [3.8, 4) is 0 Å². The van der Waals surface area contributed by atoms with Gasteiger partial charge in [0.15, 0.2) is 0 Å². The first-order valence-corrected chi connectivity index (χ1v) is 16.4. The quantitative estimate of drug-likeness (QED) is 0.256. The van der Waals surface area contributed by atoms with Crippen LogP contribution in [0.5, 0.6) is 0 Å². The molecule has 9 heteroatoms. The molecule has 1 aliphatic heterocycles. The fourth-order valence-electron chi connectivity index (χ4n) is 5.52. The van der Waals surface area contributed by atoms with Crippen molar-refractivity contribution < 1.29 is 13.2 Å². The predicted molar refractivity (Wildman–Crippen MR) is 162 cm³/mol. The summed E-state index contributed by atoms with van der Waals surface area (Å²) in [7, 11) is -3.73.